The standard InChI is InChI=1S/C30H35N5O.C2H6/c1-3-16-35(17-4-2)30-21-24(36-18-14-22-9-7-8-15-31-22)20-29(34-30)32-23-12-13-28-26(19-23)25-10-5-6-11-27(25)33-28;1-2/h5,7-10,12-13,15,19-21,33H,3-4,6,11,14,16-18H2,1-2H3,(H,32,34);1-2H3. The van der Waals surface area contributed by atoms with Gasteiger partial charge in [0.2, 0.25) is 0 Å². The minimum atomic E-state index is 0.565. The highest BCUT2D eigenvalue weighted by Crippen LogP contribution is 2.32. The topological polar surface area (TPSA) is 66.1 Å². The minimum absolute atomic E-state index is 0.565. The van der Waals surface area contributed by atoms with E-state index in [1.165, 1.54) is 22.2 Å². The van der Waals surface area contributed by atoms with Crippen LogP contribution in [0.5, 0.6) is 5.75 Å². The highest BCUT2D eigenvalue weighted by atomic mass is 16.5. The molecule has 0 spiro atoms. The molecule has 5 rings (SSSR count). The van der Waals surface area contributed by atoms with E-state index in [1.54, 1.807) is 0 Å². The van der Waals surface area contributed by atoms with Crippen LogP contribution in [0.4, 0.5) is 17.3 Å². The Bertz CT molecular complexity index is 1320. The van der Waals surface area contributed by atoms with Crippen LogP contribution in [0, 0.1) is 0 Å². The Morgan fingerprint density at radius 2 is 1.87 bits per heavy atom. The minimum Gasteiger partial charge on any atom is -0.493 e. The zero-order chi connectivity index (χ0) is 26.7. The van der Waals surface area contributed by atoms with Gasteiger partial charge in [0.15, 0.2) is 0 Å². The monoisotopic (exact) mass is 511 g/mol. The van der Waals surface area contributed by atoms with Gasteiger partial charge in [-0.25, -0.2) is 4.98 Å². The van der Waals surface area contributed by atoms with Crippen LogP contribution in [-0.2, 0) is 12.8 Å². The number of aryl methyl sites for hydroxylation is 1. The molecule has 200 valence electrons. The number of benzene rings is 1. The molecule has 6 nitrogen and oxygen atoms in total. The van der Waals surface area contributed by atoms with Crippen LogP contribution in [0.3, 0.4) is 0 Å². The van der Waals surface area contributed by atoms with Crippen LogP contribution in [-0.4, -0.2) is 34.6 Å². The van der Waals surface area contributed by atoms with Crippen LogP contribution >= 0.6 is 0 Å². The summed E-state index contributed by atoms with van der Waals surface area (Å²) in [6, 6.07) is 16.5. The maximum Gasteiger partial charge on any atom is 0.136 e. The highest BCUT2D eigenvalue weighted by Gasteiger charge is 2.14. The Labute approximate surface area is 227 Å². The lowest BCUT2D eigenvalue weighted by molar-refractivity contribution is 0.320. The van der Waals surface area contributed by atoms with Crippen LogP contribution in [0.2, 0.25) is 0 Å². The van der Waals surface area contributed by atoms with Crippen molar-refractivity contribution in [2.75, 3.05) is 29.9 Å². The maximum absolute atomic E-state index is 6.21. The number of nitrogens with one attached hydrogen (secondary N) is 2. The molecule has 0 radical (unpaired) electrons. The zero-order valence-electron chi connectivity index (χ0n) is 23.3. The zero-order valence-corrected chi connectivity index (χ0v) is 23.3. The second-order valence-corrected chi connectivity index (χ2v) is 9.30. The molecular formula is C32H41N5O. The fourth-order valence-corrected chi connectivity index (χ4v) is 4.81. The van der Waals surface area contributed by atoms with Gasteiger partial charge in [-0.2, -0.15) is 0 Å². The van der Waals surface area contributed by atoms with Crippen LogP contribution in [0.15, 0.2) is 60.8 Å². The summed E-state index contributed by atoms with van der Waals surface area (Å²) in [5, 5.41) is 4.80. The van der Waals surface area contributed by atoms with Gasteiger partial charge >= 0.3 is 0 Å². The first-order valence-electron chi connectivity index (χ1n) is 14.1. The summed E-state index contributed by atoms with van der Waals surface area (Å²) >= 11 is 0. The Morgan fingerprint density at radius 1 is 1.03 bits per heavy atom. The third kappa shape index (κ3) is 6.74. The first kappa shape index (κ1) is 27.2. The fourth-order valence-electron chi connectivity index (χ4n) is 4.81. The molecule has 1 aromatic carbocycles. The average Bonchev–Trinajstić information content (AvgIpc) is 3.32. The molecule has 0 saturated heterocycles. The smallest absolute Gasteiger partial charge is 0.136 e. The molecule has 4 aromatic rings. The van der Waals surface area contributed by atoms with Gasteiger partial charge in [-0.1, -0.05) is 45.9 Å². The summed E-state index contributed by atoms with van der Waals surface area (Å²) in [6.45, 7) is 10.9. The van der Waals surface area contributed by atoms with Gasteiger partial charge < -0.3 is 19.9 Å². The fraction of sp³-hybridized carbons (Fsp3) is 0.375. The number of ether oxygens (including phenoxy) is 1. The highest BCUT2D eigenvalue weighted by molar-refractivity contribution is 5.93. The number of aromatic nitrogens is 3. The van der Waals surface area contributed by atoms with Gasteiger partial charge in [0.05, 0.1) is 6.61 Å². The molecule has 3 aromatic heterocycles. The molecule has 0 atom stereocenters. The Kier molecular flexibility index (Phi) is 9.79. The molecule has 38 heavy (non-hydrogen) atoms. The van der Waals surface area contributed by atoms with Gasteiger partial charge in [-0.3, -0.25) is 4.98 Å². The number of pyridine rings is 2. The van der Waals surface area contributed by atoms with Gasteiger partial charge in [-0.05, 0) is 56.0 Å². The molecule has 0 fully saturated rings. The second-order valence-electron chi connectivity index (χ2n) is 9.30. The number of allylic oxidation sites excluding steroid dienone is 1. The Balaban J connectivity index is 0.00000164. The van der Waals surface area contributed by atoms with Crippen molar-refractivity contribution in [2.24, 2.45) is 0 Å². The number of fused-ring (bicyclic) bond motifs is 3. The Hall–Kier alpha value is -3.80. The van der Waals surface area contributed by atoms with Crippen molar-refractivity contribution >= 4 is 34.3 Å². The van der Waals surface area contributed by atoms with Crippen LogP contribution in [0.25, 0.3) is 17.0 Å². The van der Waals surface area contributed by atoms with E-state index in [2.05, 4.69) is 70.4 Å². The summed E-state index contributed by atoms with van der Waals surface area (Å²) in [6.07, 6.45) is 11.4. The van der Waals surface area contributed by atoms with Gasteiger partial charge in [0, 0.05) is 71.4 Å². The van der Waals surface area contributed by atoms with E-state index >= 15 is 0 Å². The number of H-pyrrole nitrogens is 1. The van der Waals surface area contributed by atoms with Gasteiger partial charge in [0.1, 0.15) is 17.4 Å². The molecule has 6 heteroatoms. The lowest BCUT2D eigenvalue weighted by Crippen LogP contribution is -2.26. The largest absolute Gasteiger partial charge is 0.493 e. The van der Waals surface area contributed by atoms with Crippen molar-refractivity contribution in [3.63, 3.8) is 0 Å². The van der Waals surface area contributed by atoms with Crippen molar-refractivity contribution < 1.29 is 4.74 Å². The quantitative estimate of drug-likeness (QED) is 0.214. The van der Waals surface area contributed by atoms with Crippen LogP contribution in [0.1, 0.15) is 63.9 Å². The predicted molar refractivity (Wildman–Crippen MR) is 161 cm³/mol. The molecule has 0 aliphatic heterocycles. The maximum atomic E-state index is 6.21. The van der Waals surface area contributed by atoms with Crippen molar-refractivity contribution in [1.82, 2.24) is 15.0 Å². The molecular weight excluding hydrogens is 470 g/mol. The Morgan fingerprint density at radius 3 is 2.63 bits per heavy atom. The molecule has 2 N–H and O–H groups in total. The van der Waals surface area contributed by atoms with E-state index in [0.717, 1.165) is 74.0 Å². The lowest BCUT2D eigenvalue weighted by Gasteiger charge is -2.24. The van der Waals surface area contributed by atoms with Crippen molar-refractivity contribution in [1.29, 1.82) is 0 Å². The normalized spacial score (nSPS) is 12.0. The molecule has 0 bridgehead atoms. The van der Waals surface area contributed by atoms with Crippen molar-refractivity contribution in [3.8, 4) is 5.75 Å². The average molecular weight is 512 g/mol. The first-order chi connectivity index (χ1) is 18.7. The second kappa shape index (κ2) is 13.7. The number of nitrogens with zero attached hydrogens (tertiary/aromatic N) is 3. The third-order valence-electron chi connectivity index (χ3n) is 6.49. The van der Waals surface area contributed by atoms with E-state index in [0.29, 0.717) is 6.61 Å². The summed E-state index contributed by atoms with van der Waals surface area (Å²) in [5.41, 5.74) is 5.85. The molecule has 0 saturated carbocycles. The number of anilines is 3. The predicted octanol–water partition coefficient (Wildman–Crippen LogP) is 7.94. The van der Waals surface area contributed by atoms with Gasteiger partial charge in [-0.15, -0.1) is 0 Å². The lowest BCUT2D eigenvalue weighted by atomic mass is 10.0. The number of aromatic amines is 1. The first-order valence-corrected chi connectivity index (χ1v) is 14.1. The van der Waals surface area contributed by atoms with Crippen molar-refractivity contribution in [3.05, 3.63) is 77.8 Å². The number of rotatable bonds is 11. The van der Waals surface area contributed by atoms with E-state index < -0.39 is 0 Å². The van der Waals surface area contributed by atoms with E-state index in [1.807, 2.05) is 44.3 Å². The SMILES string of the molecule is CC.CCCN(CCC)c1cc(OCCc2ccccn2)cc(Nc2ccc3[nH]c4c(c3c2)C=CCC4)n1. The summed E-state index contributed by atoms with van der Waals surface area (Å²) in [4.78, 5) is 15.3. The number of hydrogen-bond donors (Lipinski definition) is 2. The molecule has 0 unspecified atom stereocenters. The van der Waals surface area contributed by atoms with E-state index in [9.17, 15) is 0 Å². The molecule has 3 heterocycles. The van der Waals surface area contributed by atoms with Crippen LogP contribution < -0.4 is 15.0 Å². The van der Waals surface area contributed by atoms with Crippen molar-refractivity contribution in [2.45, 2.75) is 59.8 Å². The summed E-state index contributed by atoms with van der Waals surface area (Å²) in [7, 11) is 0. The van der Waals surface area contributed by atoms with E-state index in [4.69, 9.17) is 9.72 Å². The molecule has 0 amide bonds. The number of hydrogen-bond acceptors (Lipinski definition) is 5. The summed E-state index contributed by atoms with van der Waals surface area (Å²) < 4.78 is 6.21. The third-order valence-corrected chi connectivity index (χ3v) is 6.49. The molecule has 1 aliphatic carbocycles. The van der Waals surface area contributed by atoms with E-state index in [-0.39, 0.29) is 0 Å². The van der Waals surface area contributed by atoms with Gasteiger partial charge in [0.25, 0.3) is 0 Å². The molecule has 1 aliphatic rings. The summed E-state index contributed by atoms with van der Waals surface area (Å²) in [5.74, 6) is 2.55.